The zero-order chi connectivity index (χ0) is 27.8. The number of benzene rings is 2. The lowest BCUT2D eigenvalue weighted by atomic mass is 10.0. The number of hydrogen-bond donors (Lipinski definition) is 2. The lowest BCUT2D eigenvalue weighted by Crippen LogP contribution is -2.14. The summed E-state index contributed by atoms with van der Waals surface area (Å²) in [4.78, 5) is 21.8. The minimum absolute atomic E-state index is 0.0134. The highest BCUT2D eigenvalue weighted by molar-refractivity contribution is 8.01. The maximum Gasteiger partial charge on any atom is 0.180 e. The van der Waals surface area contributed by atoms with E-state index in [-0.39, 0.29) is 30.4 Å². The summed E-state index contributed by atoms with van der Waals surface area (Å²) in [6, 6.07) is 7.88. The highest BCUT2D eigenvalue weighted by Gasteiger charge is 2.16. The smallest absolute Gasteiger partial charge is 0.180 e. The van der Waals surface area contributed by atoms with Crippen LogP contribution >= 0.6 is 46.9 Å². The summed E-state index contributed by atoms with van der Waals surface area (Å²) in [7, 11) is 0. The van der Waals surface area contributed by atoms with E-state index in [0.717, 1.165) is 4.34 Å². The van der Waals surface area contributed by atoms with Gasteiger partial charge in [-0.1, -0.05) is 34.7 Å². The zero-order valence-electron chi connectivity index (χ0n) is 20.9. The number of anilines is 2. The van der Waals surface area contributed by atoms with Gasteiger partial charge in [-0.15, -0.1) is 0 Å². The van der Waals surface area contributed by atoms with E-state index in [4.69, 9.17) is 38.4 Å². The Morgan fingerprint density at radius 1 is 1.28 bits per heavy atom. The van der Waals surface area contributed by atoms with Crippen molar-refractivity contribution >= 4 is 75.1 Å². The third-order valence-corrected chi connectivity index (χ3v) is 7.99. The van der Waals surface area contributed by atoms with E-state index in [2.05, 4.69) is 20.4 Å². The fourth-order valence-electron chi connectivity index (χ4n) is 3.60. The number of rotatable bonds is 14. The molecule has 4 rings (SSSR count). The van der Waals surface area contributed by atoms with Gasteiger partial charge in [-0.05, 0) is 43.4 Å². The van der Waals surface area contributed by atoms with Crippen LogP contribution in [0, 0.1) is 9.77 Å². The highest BCUT2D eigenvalue weighted by atomic mass is 35.5. The number of carbonyl (C=O) groups excluding carboxylic acids is 1. The van der Waals surface area contributed by atoms with Crippen molar-refractivity contribution in [2.45, 2.75) is 24.2 Å². The predicted molar refractivity (Wildman–Crippen MR) is 154 cm³/mol. The normalized spacial score (nSPS) is 11.2. The summed E-state index contributed by atoms with van der Waals surface area (Å²) in [5.41, 5.74) is 1.84. The third-order valence-electron chi connectivity index (χ3n) is 5.29. The number of nitrogens with one attached hydrogen (secondary N) is 1. The van der Waals surface area contributed by atoms with Crippen molar-refractivity contribution in [3.63, 3.8) is 0 Å². The molecule has 14 heteroatoms. The number of ketones is 1. The second kappa shape index (κ2) is 14.1. The van der Waals surface area contributed by atoms with E-state index in [1.807, 2.05) is 13.0 Å². The summed E-state index contributed by atoms with van der Waals surface area (Å²) >= 11 is 14.2. The van der Waals surface area contributed by atoms with Crippen molar-refractivity contribution < 1.29 is 23.8 Å². The van der Waals surface area contributed by atoms with Crippen LogP contribution in [0.3, 0.4) is 0 Å². The molecule has 39 heavy (non-hydrogen) atoms. The van der Waals surface area contributed by atoms with Gasteiger partial charge in [0.05, 0.1) is 37.0 Å². The van der Waals surface area contributed by atoms with E-state index in [0.29, 0.717) is 63.2 Å². The van der Waals surface area contributed by atoms with Crippen molar-refractivity contribution in [2.75, 3.05) is 37.5 Å². The van der Waals surface area contributed by atoms with Gasteiger partial charge in [-0.2, -0.15) is 5.10 Å². The largest absolute Gasteiger partial charge is 0.494 e. The number of nitrogens with zero attached hydrogens (tertiary/aromatic N) is 4. The van der Waals surface area contributed by atoms with Crippen LogP contribution in [-0.2, 0) is 22.5 Å². The Hall–Kier alpha value is -2.68. The SMILES string of the molecule is CCOc1cc2ncnc(Nc3ccc(F)c(Cl)c3)c2cc1CC(=O)Cn1nc(SCCOCCO)sc1=S. The Morgan fingerprint density at radius 3 is 2.90 bits per heavy atom. The van der Waals surface area contributed by atoms with Gasteiger partial charge in [0.15, 0.2) is 14.1 Å². The summed E-state index contributed by atoms with van der Waals surface area (Å²) in [6.07, 6.45) is 1.49. The lowest BCUT2D eigenvalue weighted by Gasteiger charge is -2.14. The van der Waals surface area contributed by atoms with Crippen molar-refractivity contribution in [3.05, 3.63) is 57.0 Å². The molecule has 0 atom stereocenters. The van der Waals surface area contributed by atoms with Crippen molar-refractivity contribution in [2.24, 2.45) is 0 Å². The van der Waals surface area contributed by atoms with Gasteiger partial charge >= 0.3 is 0 Å². The Balaban J connectivity index is 1.53. The van der Waals surface area contributed by atoms with Crippen LogP contribution in [0.4, 0.5) is 15.9 Å². The highest BCUT2D eigenvalue weighted by Crippen LogP contribution is 2.31. The minimum Gasteiger partial charge on any atom is -0.494 e. The van der Waals surface area contributed by atoms with E-state index in [9.17, 15) is 9.18 Å². The first kappa shape index (κ1) is 29.3. The molecule has 2 aromatic carbocycles. The second-order valence-corrected chi connectivity index (χ2v) is 11.4. The van der Waals surface area contributed by atoms with E-state index < -0.39 is 5.82 Å². The Kier molecular flexibility index (Phi) is 10.6. The molecular formula is C25H25ClFN5O4S3. The van der Waals surface area contributed by atoms with Gasteiger partial charge in [-0.25, -0.2) is 19.0 Å². The molecule has 0 saturated heterocycles. The van der Waals surface area contributed by atoms with Crippen LogP contribution in [0.25, 0.3) is 10.9 Å². The first-order chi connectivity index (χ1) is 18.9. The van der Waals surface area contributed by atoms with Crippen molar-refractivity contribution in [3.8, 4) is 5.75 Å². The molecule has 2 heterocycles. The van der Waals surface area contributed by atoms with Gasteiger partial charge in [0.1, 0.15) is 30.3 Å². The fraction of sp³-hybridized carbons (Fsp3) is 0.320. The number of fused-ring (bicyclic) bond motifs is 1. The number of aliphatic hydroxyl groups is 1. The zero-order valence-corrected chi connectivity index (χ0v) is 24.1. The molecule has 9 nitrogen and oxygen atoms in total. The summed E-state index contributed by atoms with van der Waals surface area (Å²) in [6.45, 7) is 3.05. The first-order valence-corrected chi connectivity index (χ1v) is 14.5. The molecule has 2 aromatic heterocycles. The molecule has 0 unspecified atom stereocenters. The lowest BCUT2D eigenvalue weighted by molar-refractivity contribution is -0.119. The van der Waals surface area contributed by atoms with Crippen LogP contribution < -0.4 is 10.1 Å². The Labute approximate surface area is 242 Å². The number of hydrogen-bond acceptors (Lipinski definition) is 11. The molecular weight excluding hydrogens is 585 g/mol. The first-order valence-electron chi connectivity index (χ1n) is 11.9. The monoisotopic (exact) mass is 609 g/mol. The van der Waals surface area contributed by atoms with Gasteiger partial charge < -0.3 is 19.9 Å². The average Bonchev–Trinajstić information content (AvgIpc) is 3.25. The van der Waals surface area contributed by atoms with E-state index in [1.54, 1.807) is 12.1 Å². The van der Waals surface area contributed by atoms with Gasteiger partial charge in [0.2, 0.25) is 0 Å². The van der Waals surface area contributed by atoms with E-state index >= 15 is 0 Å². The number of carbonyl (C=O) groups is 1. The standard InChI is InChI=1S/C25H25ClFN5O4S3/c1-2-36-22-12-21-18(23(29-14-28-21)30-16-3-4-20(27)19(26)11-16)10-15(22)9-17(34)13-32-25(37)39-24(31-32)38-8-7-35-6-5-33/h3-4,10-12,14,33H,2,5-9,13H2,1H3,(H,28,29,30). The number of aliphatic hydroxyl groups excluding tert-OH is 1. The molecule has 0 aliphatic carbocycles. The number of halogens is 2. The predicted octanol–water partition coefficient (Wildman–Crippen LogP) is 5.46. The molecule has 206 valence electrons. The third kappa shape index (κ3) is 7.93. The number of thioether (sulfide) groups is 1. The van der Waals surface area contributed by atoms with Gasteiger partial charge in [-0.3, -0.25) is 4.79 Å². The van der Waals surface area contributed by atoms with Gasteiger partial charge in [0, 0.05) is 34.9 Å². The fourth-order valence-corrected chi connectivity index (χ4v) is 6.04. The molecule has 0 aliphatic heterocycles. The number of ether oxygens (including phenoxy) is 2. The Morgan fingerprint density at radius 2 is 2.13 bits per heavy atom. The topological polar surface area (TPSA) is 111 Å². The van der Waals surface area contributed by atoms with Crippen LogP contribution in [0.5, 0.6) is 5.75 Å². The maximum absolute atomic E-state index is 13.6. The van der Waals surface area contributed by atoms with Crippen molar-refractivity contribution in [1.29, 1.82) is 0 Å². The number of Topliss-reactive ketones (excluding diaryl/α,β-unsaturated/α-hetero) is 1. The molecule has 2 N–H and O–H groups in total. The molecule has 0 spiro atoms. The molecule has 0 fully saturated rings. The van der Waals surface area contributed by atoms with Gasteiger partial charge in [0.25, 0.3) is 0 Å². The minimum atomic E-state index is -0.519. The average molecular weight is 610 g/mol. The quantitative estimate of drug-likeness (QED) is 0.108. The van der Waals surface area contributed by atoms with Crippen LogP contribution in [0.15, 0.2) is 41.0 Å². The van der Waals surface area contributed by atoms with Crippen LogP contribution in [0.2, 0.25) is 5.02 Å². The molecule has 0 amide bonds. The molecule has 4 aromatic rings. The Bertz CT molecular complexity index is 1520. The van der Waals surface area contributed by atoms with Crippen LogP contribution in [0.1, 0.15) is 12.5 Å². The number of aromatic nitrogens is 4. The van der Waals surface area contributed by atoms with E-state index in [1.165, 1.54) is 46.2 Å². The molecule has 0 radical (unpaired) electrons. The molecule has 0 bridgehead atoms. The molecule has 0 aliphatic rings. The van der Waals surface area contributed by atoms with Crippen molar-refractivity contribution in [1.82, 2.24) is 19.7 Å². The van der Waals surface area contributed by atoms with Crippen LogP contribution in [-0.4, -0.2) is 62.8 Å². The summed E-state index contributed by atoms with van der Waals surface area (Å²) in [5.74, 6) is 1.07. The summed E-state index contributed by atoms with van der Waals surface area (Å²) in [5, 5.41) is 17.0. The summed E-state index contributed by atoms with van der Waals surface area (Å²) < 4.78 is 27.5. The maximum atomic E-state index is 13.6. The molecule has 0 saturated carbocycles. The second-order valence-electron chi connectivity index (χ2n) is 8.08.